The maximum absolute atomic E-state index is 13.3. The number of rotatable bonds is 8. The van der Waals surface area contributed by atoms with Crippen LogP contribution < -0.4 is 10.1 Å². The monoisotopic (exact) mass is 596 g/mol. The first-order valence-electron chi connectivity index (χ1n) is 16.2. The fraction of sp³-hybridized carbons (Fsp3) is 0.325. The lowest BCUT2D eigenvalue weighted by Gasteiger charge is -2.62. The van der Waals surface area contributed by atoms with Crippen molar-refractivity contribution in [2.24, 2.45) is 22.2 Å². The van der Waals surface area contributed by atoms with Gasteiger partial charge in [-0.1, -0.05) is 66.2 Å². The molecule has 4 aliphatic rings. The van der Waals surface area contributed by atoms with Crippen molar-refractivity contribution in [1.29, 1.82) is 0 Å². The molecule has 228 valence electrons. The molecule has 4 saturated carbocycles. The minimum atomic E-state index is -0.330. The number of nitrogens with zero attached hydrogens (tertiary/aromatic N) is 1. The Balaban J connectivity index is 0.961. The third kappa shape index (κ3) is 6.22. The second kappa shape index (κ2) is 11.8. The van der Waals surface area contributed by atoms with E-state index in [2.05, 4.69) is 41.5 Å². The molecule has 4 bridgehead atoms. The van der Waals surface area contributed by atoms with Crippen LogP contribution in [-0.4, -0.2) is 24.6 Å². The molecule has 0 spiro atoms. The second-order valence-electron chi connectivity index (χ2n) is 13.8. The lowest BCUT2D eigenvalue weighted by Crippen LogP contribution is -2.57. The van der Waals surface area contributed by atoms with E-state index in [1.165, 1.54) is 56.6 Å². The van der Waals surface area contributed by atoms with Gasteiger partial charge in [-0.2, -0.15) is 0 Å². The van der Waals surface area contributed by atoms with Crippen molar-refractivity contribution < 1.29 is 14.3 Å². The molecule has 0 saturated heterocycles. The van der Waals surface area contributed by atoms with Gasteiger partial charge >= 0.3 is 5.97 Å². The molecule has 0 aromatic heterocycles. The summed E-state index contributed by atoms with van der Waals surface area (Å²) in [5.74, 6) is 1.76. The molecule has 45 heavy (non-hydrogen) atoms. The molecule has 2 atom stereocenters. The van der Waals surface area contributed by atoms with Crippen LogP contribution in [0.25, 0.3) is 11.1 Å². The number of carbonyl (C=O) groups excluding carboxylic acids is 2. The van der Waals surface area contributed by atoms with Gasteiger partial charge in [0.25, 0.3) is 5.91 Å². The highest BCUT2D eigenvalue weighted by molar-refractivity contribution is 5.94. The number of hydrogen-bond donors (Lipinski definition) is 1. The van der Waals surface area contributed by atoms with Gasteiger partial charge in [0.2, 0.25) is 0 Å². The molecule has 4 aromatic rings. The van der Waals surface area contributed by atoms with Crippen molar-refractivity contribution >= 4 is 23.8 Å². The third-order valence-corrected chi connectivity index (χ3v) is 10.3. The highest BCUT2D eigenvalue weighted by atomic mass is 16.5. The van der Waals surface area contributed by atoms with Crippen molar-refractivity contribution in [2.45, 2.75) is 57.8 Å². The molecule has 4 fully saturated rings. The molecule has 1 amide bonds. The number of ether oxygens (including phenoxy) is 1. The van der Waals surface area contributed by atoms with E-state index in [-0.39, 0.29) is 22.7 Å². The fourth-order valence-corrected chi connectivity index (χ4v) is 8.76. The first-order valence-corrected chi connectivity index (χ1v) is 16.2. The minimum Gasteiger partial charge on any atom is -0.427 e. The highest BCUT2D eigenvalue weighted by Gasteiger charge is 2.58. The molecule has 0 radical (unpaired) electrons. The lowest BCUT2D eigenvalue weighted by molar-refractivity contribution is -0.131. The van der Waals surface area contributed by atoms with Crippen molar-refractivity contribution in [3.8, 4) is 16.9 Å². The number of aliphatic imine (C=N–C) groups is 1. The Labute approximate surface area is 265 Å². The van der Waals surface area contributed by atoms with E-state index in [4.69, 9.17) is 4.74 Å². The summed E-state index contributed by atoms with van der Waals surface area (Å²) in [4.78, 5) is 29.0. The molecule has 4 aromatic carbocycles. The van der Waals surface area contributed by atoms with Crippen LogP contribution in [0.2, 0.25) is 0 Å². The second-order valence-corrected chi connectivity index (χ2v) is 13.8. The van der Waals surface area contributed by atoms with Crippen LogP contribution in [-0.2, 0) is 10.2 Å². The Morgan fingerprint density at radius 3 is 2.07 bits per heavy atom. The Morgan fingerprint density at radius 1 is 0.822 bits per heavy atom. The lowest BCUT2D eigenvalue weighted by atomic mass is 9.43. The standard InChI is InChI=1S/C40H40N2O3/c1-27-3-13-35(14-4-27)40-22-30-19-31(23-40)21-39(20-30,25-40)26-42-38(44)34-9-15-36(16-10-34)41-24-29-5-7-32(8-6-29)33-11-17-37(18-12-33)45-28(2)43/h3-18,24,30-31H,19-23,25-26H2,1-2H3,(H,42,44)/t30-,31-,39?,40?/m1/s1. The Hall–Kier alpha value is -4.51. The Kier molecular flexibility index (Phi) is 7.64. The number of carbonyl (C=O) groups is 2. The van der Waals surface area contributed by atoms with Crippen molar-refractivity contribution in [2.75, 3.05) is 6.54 Å². The van der Waals surface area contributed by atoms with Crippen LogP contribution in [0, 0.1) is 24.2 Å². The molecule has 0 heterocycles. The average molecular weight is 597 g/mol. The third-order valence-electron chi connectivity index (χ3n) is 10.3. The van der Waals surface area contributed by atoms with E-state index < -0.39 is 0 Å². The Bertz CT molecular complexity index is 1710. The summed E-state index contributed by atoms with van der Waals surface area (Å²) >= 11 is 0. The molecule has 0 aliphatic heterocycles. The van der Waals surface area contributed by atoms with E-state index >= 15 is 0 Å². The predicted molar refractivity (Wildman–Crippen MR) is 179 cm³/mol. The number of hydrogen-bond acceptors (Lipinski definition) is 4. The zero-order valence-corrected chi connectivity index (χ0v) is 26.1. The summed E-state index contributed by atoms with van der Waals surface area (Å²) in [6, 6.07) is 32.4. The fourth-order valence-electron chi connectivity index (χ4n) is 8.76. The van der Waals surface area contributed by atoms with Crippen LogP contribution in [0.3, 0.4) is 0 Å². The predicted octanol–water partition coefficient (Wildman–Crippen LogP) is 8.61. The van der Waals surface area contributed by atoms with Crippen LogP contribution in [0.4, 0.5) is 5.69 Å². The molecule has 4 aliphatic carbocycles. The van der Waals surface area contributed by atoms with Gasteiger partial charge in [0, 0.05) is 25.2 Å². The smallest absolute Gasteiger partial charge is 0.308 e. The summed E-state index contributed by atoms with van der Waals surface area (Å²) in [5, 5.41) is 3.34. The number of benzene rings is 4. The van der Waals surface area contributed by atoms with Gasteiger partial charge in [-0.15, -0.1) is 0 Å². The SMILES string of the molecule is CC(=O)Oc1ccc(-c2ccc(C=Nc3ccc(C(=O)NCC45C[C@H]6C[C@H](C4)CC(c4ccc(C)cc4)(C6)C5)cc3)cc2)cc1. The van der Waals surface area contributed by atoms with Crippen LogP contribution in [0.15, 0.2) is 102 Å². The molecular formula is C40H40N2O3. The van der Waals surface area contributed by atoms with Gasteiger partial charge in [-0.25, -0.2) is 0 Å². The quantitative estimate of drug-likeness (QED) is 0.126. The normalized spacial score (nSPS) is 24.9. The van der Waals surface area contributed by atoms with Gasteiger partial charge in [-0.05, 0) is 127 Å². The summed E-state index contributed by atoms with van der Waals surface area (Å²) < 4.78 is 5.12. The summed E-state index contributed by atoms with van der Waals surface area (Å²) in [7, 11) is 0. The molecule has 1 N–H and O–H groups in total. The number of aryl methyl sites for hydroxylation is 1. The highest BCUT2D eigenvalue weighted by Crippen LogP contribution is 2.65. The zero-order chi connectivity index (χ0) is 31.0. The van der Waals surface area contributed by atoms with Crippen LogP contribution >= 0.6 is 0 Å². The van der Waals surface area contributed by atoms with E-state index in [1.807, 2.05) is 66.9 Å². The van der Waals surface area contributed by atoms with Crippen LogP contribution in [0.1, 0.15) is 72.5 Å². The largest absolute Gasteiger partial charge is 0.427 e. The number of esters is 1. The van der Waals surface area contributed by atoms with Gasteiger partial charge in [0.15, 0.2) is 0 Å². The topological polar surface area (TPSA) is 67.8 Å². The van der Waals surface area contributed by atoms with E-state index in [9.17, 15) is 9.59 Å². The van der Waals surface area contributed by atoms with E-state index in [0.29, 0.717) is 11.3 Å². The number of nitrogens with one attached hydrogen (secondary N) is 1. The van der Waals surface area contributed by atoms with Crippen molar-refractivity contribution in [3.05, 3.63) is 119 Å². The Morgan fingerprint density at radius 2 is 1.44 bits per heavy atom. The van der Waals surface area contributed by atoms with Crippen molar-refractivity contribution in [1.82, 2.24) is 5.32 Å². The van der Waals surface area contributed by atoms with Gasteiger partial charge in [-0.3, -0.25) is 14.6 Å². The molecule has 5 nitrogen and oxygen atoms in total. The minimum absolute atomic E-state index is 0.00198. The molecule has 8 rings (SSSR count). The average Bonchev–Trinajstić information content (AvgIpc) is 3.03. The molecular weight excluding hydrogens is 556 g/mol. The maximum Gasteiger partial charge on any atom is 0.308 e. The van der Waals surface area contributed by atoms with Gasteiger partial charge in [0.1, 0.15) is 5.75 Å². The van der Waals surface area contributed by atoms with Crippen LogP contribution in [0.5, 0.6) is 5.75 Å². The maximum atomic E-state index is 13.3. The summed E-state index contributed by atoms with van der Waals surface area (Å²) in [6.07, 6.45) is 9.49. The first-order chi connectivity index (χ1) is 21.8. The van der Waals surface area contributed by atoms with Crippen molar-refractivity contribution in [3.63, 3.8) is 0 Å². The molecule has 0 unspecified atom stereocenters. The summed E-state index contributed by atoms with van der Waals surface area (Å²) in [6.45, 7) is 4.32. The zero-order valence-electron chi connectivity index (χ0n) is 26.1. The van der Waals surface area contributed by atoms with E-state index in [0.717, 1.165) is 40.8 Å². The summed E-state index contributed by atoms with van der Waals surface area (Å²) in [5.41, 5.74) is 7.88. The first kappa shape index (κ1) is 29.2. The van der Waals surface area contributed by atoms with Gasteiger partial charge in [0.05, 0.1) is 5.69 Å². The number of amides is 1. The van der Waals surface area contributed by atoms with E-state index in [1.54, 1.807) is 12.1 Å². The molecule has 5 heteroatoms. The van der Waals surface area contributed by atoms with Gasteiger partial charge < -0.3 is 10.1 Å².